The van der Waals surface area contributed by atoms with Gasteiger partial charge in [-0.25, -0.2) is 0 Å². The van der Waals surface area contributed by atoms with E-state index >= 15 is 0 Å². The van der Waals surface area contributed by atoms with E-state index < -0.39 is 235 Å². The van der Waals surface area contributed by atoms with Crippen LogP contribution in [0.25, 0.3) is 0 Å². The molecule has 0 aromatic heterocycles. The van der Waals surface area contributed by atoms with Gasteiger partial charge in [0.05, 0.1) is 39.1 Å². The van der Waals surface area contributed by atoms with Gasteiger partial charge in [-0.05, 0) is 6.92 Å². The van der Waals surface area contributed by atoms with Crippen LogP contribution in [0.2, 0.25) is 0 Å². The molecule has 33 heteroatoms. The van der Waals surface area contributed by atoms with Crippen LogP contribution in [0.4, 0.5) is 0 Å². The number of hydrogen-bond donors (Lipinski definition) is 19. The lowest BCUT2D eigenvalue weighted by Gasteiger charge is -2.49. The standard InChI is InChI=1S/C42H71N3O30/c1-10-22(53)28(59)31(62)40(66-10)75-36-29(60)24(55)15(6-47)69-42(36)73-33-16(7-48)70-38(20(27(33)58)44-12(3)51)65-9-18-25(56)35(21(37(64)67-18)45-13(4)52)74-41-32(63)30(61)34(17(8-49)71-41)72-39-19(43-11(2)50)26(57)23(54)14(5-46)68-39/h10,14-42,46-49,53-64H,5-9H2,1-4H3,(H,43,50)(H,44,51)(H,45,52)/t10-,14+,15+,16+,17+,18+,19+,20+,21+,22+,23-,24-,25-,26+,27+,28+,29-,30+,31-,32+,33+,34-,35+,36+,37-,38+,39+,40-,41-,42-/m0/s1. The van der Waals surface area contributed by atoms with Crippen LogP contribution in [0.15, 0.2) is 0 Å². The minimum Gasteiger partial charge on any atom is -0.394 e. The Morgan fingerprint density at radius 2 is 0.787 bits per heavy atom. The average molecular weight is 1100 g/mol. The maximum Gasteiger partial charge on any atom is 0.217 e. The van der Waals surface area contributed by atoms with Crippen LogP contribution in [-0.4, -0.2) is 317 Å². The molecule has 0 saturated carbocycles. The summed E-state index contributed by atoms with van der Waals surface area (Å²) in [4.78, 5) is 36.9. The highest BCUT2D eigenvalue weighted by Crippen LogP contribution is 2.36. The third-order valence-corrected chi connectivity index (χ3v) is 13.6. The number of hydrogen-bond acceptors (Lipinski definition) is 30. The van der Waals surface area contributed by atoms with Crippen molar-refractivity contribution in [3.8, 4) is 0 Å². The van der Waals surface area contributed by atoms with Gasteiger partial charge in [0.1, 0.15) is 140 Å². The summed E-state index contributed by atoms with van der Waals surface area (Å²) < 4.78 is 63.3. The van der Waals surface area contributed by atoms with E-state index in [9.17, 15) is 96.1 Å². The molecule has 0 radical (unpaired) electrons. The topological polar surface area (TPSA) is 513 Å². The molecule has 3 amide bonds. The zero-order chi connectivity index (χ0) is 55.5. The van der Waals surface area contributed by atoms with E-state index in [4.69, 9.17) is 52.1 Å². The first-order valence-corrected chi connectivity index (χ1v) is 23.9. The molecule has 30 atom stereocenters. The molecule has 6 saturated heterocycles. The van der Waals surface area contributed by atoms with Gasteiger partial charge in [0, 0.05) is 20.8 Å². The molecule has 0 aliphatic carbocycles. The summed E-state index contributed by atoms with van der Waals surface area (Å²) in [5.41, 5.74) is 0. The molecule has 75 heavy (non-hydrogen) atoms. The largest absolute Gasteiger partial charge is 0.394 e. The zero-order valence-corrected chi connectivity index (χ0v) is 40.7. The highest BCUT2D eigenvalue weighted by atomic mass is 16.8. The van der Waals surface area contributed by atoms with Crippen molar-refractivity contribution >= 4 is 17.7 Å². The molecule has 0 aromatic rings. The van der Waals surface area contributed by atoms with E-state index in [1.807, 2.05) is 0 Å². The Kier molecular flexibility index (Phi) is 21.8. The second kappa shape index (κ2) is 26.5. The minimum absolute atomic E-state index is 0.720. The Morgan fingerprint density at radius 3 is 1.35 bits per heavy atom. The van der Waals surface area contributed by atoms with Crippen molar-refractivity contribution in [3.63, 3.8) is 0 Å². The lowest BCUT2D eigenvalue weighted by Crippen LogP contribution is -2.70. The summed E-state index contributed by atoms with van der Waals surface area (Å²) in [6, 6.07) is -4.87. The third kappa shape index (κ3) is 13.7. The van der Waals surface area contributed by atoms with E-state index in [0.717, 1.165) is 20.8 Å². The molecule has 19 N–H and O–H groups in total. The molecule has 0 aromatic carbocycles. The van der Waals surface area contributed by atoms with Crippen LogP contribution in [0, 0.1) is 0 Å². The minimum atomic E-state index is -2.16. The van der Waals surface area contributed by atoms with Crippen LogP contribution < -0.4 is 16.0 Å². The summed E-state index contributed by atoms with van der Waals surface area (Å²) in [6.07, 6.45) is -48.7. The van der Waals surface area contributed by atoms with E-state index in [1.54, 1.807) is 0 Å². The number of aliphatic hydroxyl groups is 16. The molecule has 434 valence electrons. The molecule has 33 nitrogen and oxygen atoms in total. The Labute approximate surface area is 426 Å². The maximum atomic E-state index is 12.6. The average Bonchev–Trinajstić information content (AvgIpc) is 3.36. The second-order valence-corrected chi connectivity index (χ2v) is 19.0. The van der Waals surface area contributed by atoms with Gasteiger partial charge in [-0.15, -0.1) is 0 Å². The smallest absolute Gasteiger partial charge is 0.217 e. The summed E-state index contributed by atoms with van der Waals surface area (Å²) in [7, 11) is 0. The van der Waals surface area contributed by atoms with Gasteiger partial charge < -0.3 is 150 Å². The van der Waals surface area contributed by atoms with Gasteiger partial charge in [0.2, 0.25) is 17.7 Å². The molecule has 6 rings (SSSR count). The van der Waals surface area contributed by atoms with Crippen molar-refractivity contribution in [1.82, 2.24) is 16.0 Å². The van der Waals surface area contributed by atoms with Crippen molar-refractivity contribution in [3.05, 3.63) is 0 Å². The van der Waals surface area contributed by atoms with Crippen LogP contribution in [0.5, 0.6) is 0 Å². The predicted molar refractivity (Wildman–Crippen MR) is 233 cm³/mol. The third-order valence-electron chi connectivity index (χ3n) is 13.6. The van der Waals surface area contributed by atoms with E-state index in [-0.39, 0.29) is 0 Å². The number of aliphatic hydroxyl groups excluding tert-OH is 16. The first-order chi connectivity index (χ1) is 35.4. The molecule has 6 aliphatic heterocycles. The monoisotopic (exact) mass is 1100 g/mol. The van der Waals surface area contributed by atoms with Crippen molar-refractivity contribution in [2.45, 2.75) is 212 Å². The zero-order valence-electron chi connectivity index (χ0n) is 40.7. The lowest BCUT2D eigenvalue weighted by molar-refractivity contribution is -0.384. The van der Waals surface area contributed by atoms with Crippen molar-refractivity contribution in [2.24, 2.45) is 0 Å². The van der Waals surface area contributed by atoms with Gasteiger partial charge in [-0.1, -0.05) is 0 Å². The molecular weight excluding hydrogens is 1030 g/mol. The fraction of sp³-hybridized carbons (Fsp3) is 0.929. The van der Waals surface area contributed by atoms with Crippen LogP contribution in [0.1, 0.15) is 27.7 Å². The Bertz CT molecular complexity index is 1850. The molecule has 6 fully saturated rings. The number of nitrogens with one attached hydrogen (secondary N) is 3. The fourth-order valence-electron chi connectivity index (χ4n) is 9.55. The Hall–Kier alpha value is -2.67. The maximum absolute atomic E-state index is 12.6. The normalized spacial score (nSPS) is 48.6. The highest BCUT2D eigenvalue weighted by molar-refractivity contribution is 5.74. The molecule has 0 unspecified atom stereocenters. The summed E-state index contributed by atoms with van der Waals surface area (Å²) in [5, 5.41) is 179. The first-order valence-electron chi connectivity index (χ1n) is 23.9. The number of amides is 3. The van der Waals surface area contributed by atoms with E-state index in [2.05, 4.69) is 16.0 Å². The molecule has 0 bridgehead atoms. The number of carbonyl (C=O) groups is 3. The van der Waals surface area contributed by atoms with Gasteiger partial charge >= 0.3 is 0 Å². The number of rotatable bonds is 18. The Balaban J connectivity index is 1.18. The molecule has 6 aliphatic rings. The summed E-state index contributed by atoms with van der Waals surface area (Å²) in [5.74, 6) is -2.31. The number of carbonyl (C=O) groups excluding carboxylic acids is 3. The first kappa shape index (κ1) is 61.5. The quantitative estimate of drug-likeness (QED) is 0.0606. The van der Waals surface area contributed by atoms with Gasteiger partial charge in [-0.2, -0.15) is 0 Å². The highest BCUT2D eigenvalue weighted by Gasteiger charge is 2.57. The van der Waals surface area contributed by atoms with E-state index in [0.29, 0.717) is 0 Å². The van der Waals surface area contributed by atoms with E-state index in [1.165, 1.54) is 6.92 Å². The van der Waals surface area contributed by atoms with Gasteiger partial charge in [0.25, 0.3) is 0 Å². The van der Waals surface area contributed by atoms with Crippen LogP contribution in [0.3, 0.4) is 0 Å². The predicted octanol–water partition coefficient (Wildman–Crippen LogP) is -12.6. The molecular formula is C42H71N3O30. The summed E-state index contributed by atoms with van der Waals surface area (Å²) >= 11 is 0. The number of ether oxygens (including phenoxy) is 11. The molecule has 0 spiro atoms. The fourth-order valence-corrected chi connectivity index (χ4v) is 9.55. The summed E-state index contributed by atoms with van der Waals surface area (Å²) in [6.45, 7) is -0.0948. The lowest BCUT2D eigenvalue weighted by atomic mass is 9.94. The van der Waals surface area contributed by atoms with Crippen molar-refractivity contribution in [1.29, 1.82) is 0 Å². The Morgan fingerprint density at radius 1 is 0.373 bits per heavy atom. The van der Waals surface area contributed by atoms with Crippen LogP contribution in [-0.2, 0) is 66.5 Å². The van der Waals surface area contributed by atoms with Crippen LogP contribution >= 0.6 is 0 Å². The van der Waals surface area contributed by atoms with Gasteiger partial charge in [0.15, 0.2) is 37.7 Å². The SMILES string of the molecule is CC(=O)N[C@@H]1[C@@H](O[C@@H]2O[C@H](CO)[C@H](O[C@H]3O[C@H](CO)[C@H](O)[C@H](O)[C@H]3NC(C)=O)[C@H](O)[C@H]2O)[C@@H](O)[C@@H](CO[C@@H]2O[C@H](CO)[C@@H](O[C@@H]3O[C@H](CO)[C@H](O)[C@H](O)[C@H]3O[C@@H]3O[C@@H](C)[C@@H](O)[C@@H](O)[C@@H]3O)[C@H](O)[C@H]2NC(C)=O)O[C@@H]1O. The second-order valence-electron chi connectivity index (χ2n) is 19.0. The molecule has 6 heterocycles. The van der Waals surface area contributed by atoms with Gasteiger partial charge in [-0.3, -0.25) is 14.4 Å². The van der Waals surface area contributed by atoms with Crippen molar-refractivity contribution in [2.75, 3.05) is 33.0 Å². The van der Waals surface area contributed by atoms with Crippen molar-refractivity contribution < 1.29 is 148 Å².